The van der Waals surface area contributed by atoms with Gasteiger partial charge >= 0.3 is 0 Å². The lowest BCUT2D eigenvalue weighted by Crippen LogP contribution is -2.58. The van der Waals surface area contributed by atoms with E-state index in [4.69, 9.17) is 4.74 Å². The molecule has 3 aliphatic carbocycles. The monoisotopic (exact) mass is 787 g/mol. The van der Waals surface area contributed by atoms with Crippen molar-refractivity contribution >= 4 is 63.3 Å². The predicted octanol–water partition coefficient (Wildman–Crippen LogP) is 7.68. The maximum absolute atomic E-state index is 15.2. The van der Waals surface area contributed by atoms with E-state index in [1.54, 1.807) is 24.3 Å². The Bertz CT molecular complexity index is 2190. The normalized spacial score (nSPS) is 26.9. The topological polar surface area (TPSA) is 101 Å². The molecule has 6 atom stereocenters. The van der Waals surface area contributed by atoms with Gasteiger partial charge in [-0.3, -0.25) is 24.1 Å². The van der Waals surface area contributed by atoms with E-state index in [1.807, 2.05) is 84.9 Å². The summed E-state index contributed by atoms with van der Waals surface area (Å²) >= 11 is 2.05. The number of nitrogens with zero attached hydrogens (tertiary/aromatic N) is 1. The van der Waals surface area contributed by atoms with Gasteiger partial charge in [0.15, 0.2) is 23.1 Å². The number of ketones is 2. The number of anilines is 1. The van der Waals surface area contributed by atoms with Crippen molar-refractivity contribution in [1.82, 2.24) is 0 Å². The lowest BCUT2D eigenvalue weighted by Gasteiger charge is -2.55. The molecule has 1 N–H and O–H groups in total. The minimum atomic E-state index is -1.37. The first-order valence-electron chi connectivity index (χ1n) is 17.0. The molecule has 0 radical (unpaired) electrons. The van der Waals surface area contributed by atoms with Crippen LogP contribution in [0, 0.1) is 27.2 Å². The summed E-state index contributed by atoms with van der Waals surface area (Å²) in [6.07, 6.45) is 5.76. The summed E-state index contributed by atoms with van der Waals surface area (Å²) in [4.78, 5) is 60.3. The van der Waals surface area contributed by atoms with E-state index in [2.05, 4.69) is 29.2 Å². The van der Waals surface area contributed by atoms with Crippen molar-refractivity contribution in [3.8, 4) is 11.5 Å². The number of Topliss-reactive ketones (excluding diaryl/α,β-unsaturated/α-hetero) is 1. The van der Waals surface area contributed by atoms with Crippen LogP contribution in [0.25, 0.3) is 11.6 Å². The summed E-state index contributed by atoms with van der Waals surface area (Å²) in [7, 11) is 1.47. The van der Waals surface area contributed by atoms with Crippen LogP contribution in [0.4, 0.5) is 5.69 Å². The zero-order valence-corrected chi connectivity index (χ0v) is 29.9. The Morgan fingerprint density at radius 3 is 2.25 bits per heavy atom. The molecule has 1 saturated heterocycles. The second-order valence-electron chi connectivity index (χ2n) is 13.6. The van der Waals surface area contributed by atoms with Gasteiger partial charge in [0.2, 0.25) is 11.8 Å². The molecule has 2 amide bonds. The van der Waals surface area contributed by atoms with Crippen LogP contribution in [0.1, 0.15) is 41.0 Å². The van der Waals surface area contributed by atoms with Gasteiger partial charge in [0, 0.05) is 17.4 Å². The molecule has 8 heteroatoms. The van der Waals surface area contributed by atoms with Gasteiger partial charge < -0.3 is 9.84 Å². The van der Waals surface area contributed by atoms with E-state index in [1.165, 1.54) is 18.1 Å². The average molecular weight is 788 g/mol. The zero-order chi connectivity index (χ0) is 35.6. The predicted molar refractivity (Wildman–Crippen MR) is 203 cm³/mol. The highest BCUT2D eigenvalue weighted by atomic mass is 127. The fourth-order valence-corrected chi connectivity index (χ4v) is 9.80. The largest absolute Gasteiger partial charge is 0.504 e. The van der Waals surface area contributed by atoms with Gasteiger partial charge in [-0.2, -0.15) is 0 Å². The van der Waals surface area contributed by atoms with Crippen molar-refractivity contribution in [2.24, 2.45) is 23.7 Å². The molecular formula is C43H34INO6. The molecule has 6 unspecified atom stereocenters. The van der Waals surface area contributed by atoms with Crippen LogP contribution in [0.3, 0.4) is 0 Å². The third-order valence-electron chi connectivity index (χ3n) is 11.4. The minimum Gasteiger partial charge on any atom is -0.504 e. The maximum Gasteiger partial charge on any atom is 0.238 e. The van der Waals surface area contributed by atoms with Crippen LogP contribution in [0.5, 0.6) is 11.5 Å². The van der Waals surface area contributed by atoms with Crippen molar-refractivity contribution in [3.05, 3.63) is 147 Å². The third kappa shape index (κ3) is 4.90. The molecule has 2 fully saturated rings. The first kappa shape index (κ1) is 33.1. The molecule has 0 bridgehead atoms. The lowest BCUT2D eigenvalue weighted by molar-refractivity contribution is -0.135. The Morgan fingerprint density at radius 2 is 1.59 bits per heavy atom. The van der Waals surface area contributed by atoms with E-state index < -0.39 is 35.0 Å². The first-order chi connectivity index (χ1) is 24.7. The number of phenols is 1. The van der Waals surface area contributed by atoms with E-state index in [-0.39, 0.29) is 41.3 Å². The Hall–Kier alpha value is -5.09. The summed E-state index contributed by atoms with van der Waals surface area (Å²) in [5.74, 6) is -4.13. The van der Waals surface area contributed by atoms with Gasteiger partial charge in [0.1, 0.15) is 0 Å². The molecule has 4 aliphatic rings. The summed E-state index contributed by atoms with van der Waals surface area (Å²) < 4.78 is 6.14. The Labute approximate surface area is 309 Å². The molecule has 4 aromatic rings. The molecule has 1 saturated carbocycles. The fourth-order valence-electron chi connectivity index (χ4n) is 9.18. The minimum absolute atomic E-state index is 0.0239. The number of allylic oxidation sites excluding steroid dienone is 4. The van der Waals surface area contributed by atoms with Gasteiger partial charge in [0.25, 0.3) is 0 Å². The highest BCUT2D eigenvalue weighted by Gasteiger charge is 2.66. The Kier molecular flexibility index (Phi) is 8.17. The zero-order valence-electron chi connectivity index (χ0n) is 27.8. The summed E-state index contributed by atoms with van der Waals surface area (Å²) in [5.41, 5.74) is 3.21. The quantitative estimate of drug-likeness (QED) is 0.122. The number of halogens is 1. The number of fused-ring (bicyclic) bond motifs is 4. The molecular weight excluding hydrogens is 753 g/mol. The molecule has 51 heavy (non-hydrogen) atoms. The van der Waals surface area contributed by atoms with Gasteiger partial charge in [-0.25, -0.2) is 0 Å². The number of carbonyl (C=O) groups excluding carboxylic acids is 4. The van der Waals surface area contributed by atoms with Crippen LogP contribution in [-0.4, -0.2) is 35.6 Å². The van der Waals surface area contributed by atoms with E-state index in [0.717, 1.165) is 11.1 Å². The molecule has 0 spiro atoms. The van der Waals surface area contributed by atoms with Crippen molar-refractivity contribution < 1.29 is 29.0 Å². The number of amides is 2. The number of rotatable bonds is 6. The highest BCUT2D eigenvalue weighted by Crippen LogP contribution is 2.64. The smallest absolute Gasteiger partial charge is 0.238 e. The number of methoxy groups -OCH3 is 1. The van der Waals surface area contributed by atoms with Crippen LogP contribution in [0.15, 0.2) is 121 Å². The second kappa shape index (κ2) is 12.6. The van der Waals surface area contributed by atoms with Gasteiger partial charge in [-0.05, 0) is 93.9 Å². The van der Waals surface area contributed by atoms with Gasteiger partial charge in [0.05, 0.1) is 33.6 Å². The fraction of sp³-hybridized carbons (Fsp3) is 0.209. The molecule has 254 valence electrons. The lowest BCUT2D eigenvalue weighted by atomic mass is 9.44. The highest BCUT2D eigenvalue weighted by molar-refractivity contribution is 14.1. The number of imide groups is 1. The second-order valence-corrected chi connectivity index (χ2v) is 14.8. The number of phenolic OH excluding ortho intramolecular Hbond substituents is 1. The van der Waals surface area contributed by atoms with Crippen molar-refractivity contribution in [3.63, 3.8) is 0 Å². The van der Waals surface area contributed by atoms with Gasteiger partial charge in [-0.1, -0.05) is 97.1 Å². The number of benzene rings is 4. The SMILES string of the molecule is C=Cc1ccc(N2C(=O)C3CC=C4C(CC5C(=O)C(c6ccccc6)=CC(=O)C5(c5ccccc5)C4c4cc(I)c(O)c(OC)c4)C3C2=O)cc1. The van der Waals surface area contributed by atoms with Crippen molar-refractivity contribution in [1.29, 1.82) is 0 Å². The van der Waals surface area contributed by atoms with Crippen LogP contribution in [0.2, 0.25) is 0 Å². The van der Waals surface area contributed by atoms with Crippen LogP contribution >= 0.6 is 22.6 Å². The molecule has 1 aliphatic heterocycles. The third-order valence-corrected chi connectivity index (χ3v) is 12.2. The molecule has 0 aromatic heterocycles. The van der Waals surface area contributed by atoms with E-state index in [9.17, 15) is 14.7 Å². The Morgan fingerprint density at radius 1 is 0.902 bits per heavy atom. The van der Waals surface area contributed by atoms with Crippen LogP contribution in [-0.2, 0) is 24.6 Å². The standard InChI is InChI=1S/C43H34INO6/c1-3-24-14-16-28(17-15-24)45-41(49)30-19-18-29-32(37(30)42(45)50)22-33-39(47)31(25-10-6-4-7-11-25)23-36(46)43(33,27-12-8-5-9-13-27)38(29)26-20-34(44)40(48)35(21-26)51-2/h3-18,20-21,23,30,32-33,37-38,48H,1,19,22H2,2H3. The molecule has 4 aromatic carbocycles. The summed E-state index contributed by atoms with van der Waals surface area (Å²) in [6, 6.07) is 29.4. The number of hydrogen-bond acceptors (Lipinski definition) is 6. The van der Waals surface area contributed by atoms with Crippen LogP contribution < -0.4 is 9.64 Å². The number of hydrogen-bond donors (Lipinski definition) is 1. The van der Waals surface area contributed by atoms with Gasteiger partial charge in [-0.15, -0.1) is 0 Å². The average Bonchev–Trinajstić information content (AvgIpc) is 3.42. The number of aromatic hydroxyl groups is 1. The molecule has 7 nitrogen and oxygen atoms in total. The summed E-state index contributed by atoms with van der Waals surface area (Å²) in [6.45, 7) is 3.81. The van der Waals surface area contributed by atoms with Crippen molar-refractivity contribution in [2.75, 3.05) is 12.0 Å². The Balaban J connectivity index is 1.37. The van der Waals surface area contributed by atoms with Crippen molar-refractivity contribution in [2.45, 2.75) is 24.2 Å². The number of ether oxygens (including phenoxy) is 1. The molecule has 8 rings (SSSR count). The first-order valence-corrected chi connectivity index (χ1v) is 18.1. The molecule has 1 heterocycles. The van der Waals surface area contributed by atoms with E-state index >= 15 is 9.59 Å². The maximum atomic E-state index is 15.2. The van der Waals surface area contributed by atoms with E-state index in [0.29, 0.717) is 37.9 Å². The summed E-state index contributed by atoms with van der Waals surface area (Å²) in [5, 5.41) is 10.9. The number of carbonyl (C=O) groups is 4.